The first kappa shape index (κ1) is 15.1. The Morgan fingerprint density at radius 1 is 1.30 bits per heavy atom. The zero-order valence-corrected chi connectivity index (χ0v) is 13.2. The molecule has 23 heavy (non-hydrogen) atoms. The van der Waals surface area contributed by atoms with Gasteiger partial charge >= 0.3 is 0 Å². The summed E-state index contributed by atoms with van der Waals surface area (Å²) in [5, 5.41) is 3.60. The van der Waals surface area contributed by atoms with Crippen LogP contribution in [0.15, 0.2) is 35.3 Å². The molecule has 0 saturated heterocycles. The number of hydrogen-bond donors (Lipinski definition) is 1. The summed E-state index contributed by atoms with van der Waals surface area (Å²) in [5.74, 6) is 0.435. The maximum absolute atomic E-state index is 12.3. The first-order valence-electron chi connectivity index (χ1n) is 7.37. The van der Waals surface area contributed by atoms with Crippen LogP contribution in [0.3, 0.4) is 0 Å². The van der Waals surface area contributed by atoms with Crippen LogP contribution in [0.25, 0.3) is 10.9 Å². The van der Waals surface area contributed by atoms with E-state index in [-0.39, 0.29) is 17.6 Å². The maximum atomic E-state index is 12.3. The summed E-state index contributed by atoms with van der Waals surface area (Å²) in [5.41, 5.74) is 0.227. The van der Waals surface area contributed by atoms with Crippen LogP contribution in [0.1, 0.15) is 26.5 Å². The lowest BCUT2D eigenvalue weighted by atomic mass is 9.89. The quantitative estimate of drug-likeness (QED) is 0.876. The van der Waals surface area contributed by atoms with Crippen LogP contribution in [0.4, 0.5) is 0 Å². The second-order valence-electron chi connectivity index (χ2n) is 5.96. The summed E-state index contributed by atoms with van der Waals surface area (Å²) in [4.78, 5) is 32.1. The van der Waals surface area contributed by atoms with Crippen molar-refractivity contribution in [2.75, 3.05) is 0 Å². The first-order valence-corrected chi connectivity index (χ1v) is 7.37. The summed E-state index contributed by atoms with van der Waals surface area (Å²) in [6.07, 6.45) is 0. The Bertz CT molecular complexity index is 829. The van der Waals surface area contributed by atoms with Gasteiger partial charge in [-0.2, -0.15) is 0 Å². The van der Waals surface area contributed by atoms with Crippen LogP contribution in [-0.4, -0.2) is 28.7 Å². The summed E-state index contributed by atoms with van der Waals surface area (Å²) < 4.78 is 5.05. The van der Waals surface area contributed by atoms with E-state index in [0.29, 0.717) is 18.0 Å². The second-order valence-corrected chi connectivity index (χ2v) is 5.96. The molecule has 1 aliphatic heterocycles. The molecule has 0 saturated carbocycles. The van der Waals surface area contributed by atoms with Gasteiger partial charge in [-0.25, -0.2) is 9.98 Å². The summed E-state index contributed by atoms with van der Waals surface area (Å²) in [6, 6.07) is 9.18. The number of carbonyl (C=O) groups excluding carboxylic acids is 2. The highest BCUT2D eigenvalue weighted by atomic mass is 16.5. The van der Waals surface area contributed by atoms with E-state index in [1.807, 2.05) is 38.1 Å². The number of amidine groups is 1. The molecule has 1 aromatic heterocycles. The molecule has 1 aliphatic rings. The van der Waals surface area contributed by atoms with E-state index >= 15 is 0 Å². The van der Waals surface area contributed by atoms with Gasteiger partial charge < -0.3 is 10.1 Å². The van der Waals surface area contributed by atoms with E-state index < -0.39 is 5.54 Å². The van der Waals surface area contributed by atoms with Gasteiger partial charge in [0.15, 0.2) is 11.6 Å². The standard InChI is InChI=1S/C17H17N3O3/c1-10(2)17(3)16(22)19-15(20-17)14-13(23-9-21)8-11-6-4-5-7-12(11)18-14/h4-10H,1-3H3,(H,19,20,22). The fourth-order valence-electron chi connectivity index (χ4n) is 2.46. The highest BCUT2D eigenvalue weighted by Crippen LogP contribution is 2.30. The molecular formula is C17H17N3O3. The maximum Gasteiger partial charge on any atom is 0.298 e. The minimum atomic E-state index is -0.860. The van der Waals surface area contributed by atoms with Crippen molar-refractivity contribution >= 4 is 29.1 Å². The van der Waals surface area contributed by atoms with E-state index in [9.17, 15) is 9.59 Å². The fourth-order valence-corrected chi connectivity index (χ4v) is 2.46. The minimum Gasteiger partial charge on any atom is -0.426 e. The number of hydrogen-bond acceptors (Lipinski definition) is 5. The van der Waals surface area contributed by atoms with E-state index in [2.05, 4.69) is 15.3 Å². The molecule has 1 unspecified atom stereocenters. The molecule has 2 heterocycles. The van der Waals surface area contributed by atoms with E-state index in [1.165, 1.54) is 0 Å². The smallest absolute Gasteiger partial charge is 0.298 e. The number of fused-ring (bicyclic) bond motifs is 1. The summed E-state index contributed by atoms with van der Waals surface area (Å²) >= 11 is 0. The Kier molecular flexibility index (Phi) is 3.60. The number of para-hydroxylation sites is 1. The minimum absolute atomic E-state index is 0.0240. The van der Waals surface area contributed by atoms with E-state index in [0.717, 1.165) is 10.9 Å². The topological polar surface area (TPSA) is 80.7 Å². The molecule has 1 N–H and O–H groups in total. The second kappa shape index (κ2) is 5.46. The molecule has 0 spiro atoms. The van der Waals surface area contributed by atoms with Crippen molar-refractivity contribution in [1.29, 1.82) is 0 Å². The lowest BCUT2D eigenvalue weighted by Gasteiger charge is -2.21. The Hall–Kier alpha value is -2.76. The number of benzene rings is 1. The predicted molar refractivity (Wildman–Crippen MR) is 86.4 cm³/mol. The molecule has 1 atom stereocenters. The average Bonchev–Trinajstić information content (AvgIpc) is 2.84. The van der Waals surface area contributed by atoms with Gasteiger partial charge in [0, 0.05) is 5.39 Å². The van der Waals surface area contributed by atoms with Crippen LogP contribution in [0, 0.1) is 5.92 Å². The van der Waals surface area contributed by atoms with Gasteiger partial charge in [0.1, 0.15) is 11.2 Å². The summed E-state index contributed by atoms with van der Waals surface area (Å²) in [6.45, 7) is 5.99. The third kappa shape index (κ3) is 2.46. The molecule has 0 aliphatic carbocycles. The molecule has 0 bridgehead atoms. The molecule has 3 rings (SSSR count). The number of nitrogens with zero attached hydrogens (tertiary/aromatic N) is 2. The Balaban J connectivity index is 2.17. The van der Waals surface area contributed by atoms with Gasteiger partial charge in [0.05, 0.1) is 5.52 Å². The molecular weight excluding hydrogens is 294 g/mol. The van der Waals surface area contributed by atoms with Crippen LogP contribution in [-0.2, 0) is 9.59 Å². The normalized spacial score (nSPS) is 20.5. The van der Waals surface area contributed by atoms with Gasteiger partial charge in [-0.15, -0.1) is 0 Å². The van der Waals surface area contributed by atoms with Crippen molar-refractivity contribution in [3.8, 4) is 5.75 Å². The van der Waals surface area contributed by atoms with Gasteiger partial charge in [0.25, 0.3) is 12.4 Å². The lowest BCUT2D eigenvalue weighted by Crippen LogP contribution is -2.41. The van der Waals surface area contributed by atoms with Gasteiger partial charge in [-0.3, -0.25) is 9.59 Å². The first-order chi connectivity index (χ1) is 11.0. The third-order valence-electron chi connectivity index (χ3n) is 4.25. The number of aromatic nitrogens is 1. The van der Waals surface area contributed by atoms with Gasteiger partial charge in [0.2, 0.25) is 0 Å². The van der Waals surface area contributed by atoms with Gasteiger partial charge in [-0.05, 0) is 25.0 Å². The number of ether oxygens (including phenoxy) is 1. The van der Waals surface area contributed by atoms with Crippen molar-refractivity contribution in [1.82, 2.24) is 10.3 Å². The molecule has 118 valence electrons. The average molecular weight is 311 g/mol. The van der Waals surface area contributed by atoms with Crippen molar-refractivity contribution < 1.29 is 14.3 Å². The van der Waals surface area contributed by atoms with Crippen LogP contribution >= 0.6 is 0 Å². The molecule has 1 aromatic carbocycles. The Labute approximate surface area is 133 Å². The highest BCUT2D eigenvalue weighted by molar-refractivity contribution is 6.16. The van der Waals surface area contributed by atoms with Crippen LogP contribution in [0.2, 0.25) is 0 Å². The Morgan fingerprint density at radius 2 is 2.04 bits per heavy atom. The molecule has 6 heteroatoms. The number of amides is 1. The largest absolute Gasteiger partial charge is 0.426 e. The predicted octanol–water partition coefficient (Wildman–Crippen LogP) is 2.06. The van der Waals surface area contributed by atoms with Crippen molar-refractivity contribution in [2.45, 2.75) is 26.3 Å². The number of pyridine rings is 1. The van der Waals surface area contributed by atoms with Crippen molar-refractivity contribution in [2.24, 2.45) is 10.9 Å². The number of aliphatic imine (C=N–C) groups is 1. The van der Waals surface area contributed by atoms with E-state index in [1.54, 1.807) is 13.0 Å². The van der Waals surface area contributed by atoms with Crippen LogP contribution in [0.5, 0.6) is 5.75 Å². The van der Waals surface area contributed by atoms with Gasteiger partial charge in [-0.1, -0.05) is 32.0 Å². The summed E-state index contributed by atoms with van der Waals surface area (Å²) in [7, 11) is 0. The molecule has 6 nitrogen and oxygen atoms in total. The molecule has 1 amide bonds. The highest BCUT2D eigenvalue weighted by Gasteiger charge is 2.43. The SMILES string of the molecule is CC(C)C1(C)N=C(c2nc3ccccc3cc2OC=O)NC1=O. The number of carbonyl (C=O) groups is 2. The van der Waals surface area contributed by atoms with E-state index in [4.69, 9.17) is 4.74 Å². The third-order valence-corrected chi connectivity index (χ3v) is 4.25. The number of nitrogens with one attached hydrogen (secondary N) is 1. The van der Waals surface area contributed by atoms with Crippen LogP contribution < -0.4 is 10.1 Å². The van der Waals surface area contributed by atoms with Crippen molar-refractivity contribution in [3.05, 3.63) is 36.0 Å². The molecule has 2 aromatic rings. The number of rotatable bonds is 4. The van der Waals surface area contributed by atoms with Crippen molar-refractivity contribution in [3.63, 3.8) is 0 Å². The zero-order chi connectivity index (χ0) is 16.6. The fraction of sp³-hybridized carbons (Fsp3) is 0.294. The zero-order valence-electron chi connectivity index (χ0n) is 13.2. The monoisotopic (exact) mass is 311 g/mol. The molecule has 0 radical (unpaired) electrons. The molecule has 0 fully saturated rings. The lowest BCUT2D eigenvalue weighted by molar-refractivity contribution is -0.124. The Morgan fingerprint density at radius 3 is 2.70 bits per heavy atom.